The van der Waals surface area contributed by atoms with Crippen LogP contribution in [0.2, 0.25) is 0 Å². The van der Waals surface area contributed by atoms with Crippen molar-refractivity contribution in [3.63, 3.8) is 0 Å². The Morgan fingerprint density at radius 2 is 2.00 bits per heavy atom. The van der Waals surface area contributed by atoms with Crippen molar-refractivity contribution in [3.8, 4) is 0 Å². The van der Waals surface area contributed by atoms with Gasteiger partial charge in [0.25, 0.3) is 0 Å². The lowest BCUT2D eigenvalue weighted by atomic mass is 10.2. The number of benzene rings is 1. The first-order valence-electron chi connectivity index (χ1n) is 5.18. The summed E-state index contributed by atoms with van der Waals surface area (Å²) >= 11 is 0. The average molecular weight is 192 g/mol. The molecule has 0 aromatic heterocycles. The SMILES string of the molecule is c1ccc(CCOCCC2CO2)cc1. The summed E-state index contributed by atoms with van der Waals surface area (Å²) in [5.41, 5.74) is 1.34. The van der Waals surface area contributed by atoms with Crippen molar-refractivity contribution < 1.29 is 9.47 Å². The van der Waals surface area contributed by atoms with Crippen LogP contribution in [0.3, 0.4) is 0 Å². The molecule has 1 aromatic rings. The number of epoxide rings is 1. The van der Waals surface area contributed by atoms with Gasteiger partial charge in [0.2, 0.25) is 0 Å². The third-order valence-electron chi connectivity index (χ3n) is 2.36. The van der Waals surface area contributed by atoms with Gasteiger partial charge in [-0.3, -0.25) is 0 Å². The maximum Gasteiger partial charge on any atom is 0.0831 e. The molecular weight excluding hydrogens is 176 g/mol. The summed E-state index contributed by atoms with van der Waals surface area (Å²) in [7, 11) is 0. The van der Waals surface area contributed by atoms with Crippen LogP contribution in [-0.4, -0.2) is 25.9 Å². The van der Waals surface area contributed by atoms with E-state index in [1.54, 1.807) is 0 Å². The summed E-state index contributed by atoms with van der Waals surface area (Å²) in [5.74, 6) is 0. The molecule has 1 heterocycles. The lowest BCUT2D eigenvalue weighted by molar-refractivity contribution is 0.128. The van der Waals surface area contributed by atoms with Crippen LogP contribution >= 0.6 is 0 Å². The van der Waals surface area contributed by atoms with Crippen molar-refractivity contribution in [1.82, 2.24) is 0 Å². The van der Waals surface area contributed by atoms with Gasteiger partial charge in [-0.25, -0.2) is 0 Å². The van der Waals surface area contributed by atoms with Crippen molar-refractivity contribution in [2.45, 2.75) is 18.9 Å². The number of hydrogen-bond acceptors (Lipinski definition) is 2. The lowest BCUT2D eigenvalue weighted by Gasteiger charge is -2.02. The maximum atomic E-state index is 5.51. The Bertz CT molecular complexity index is 254. The molecule has 1 fully saturated rings. The van der Waals surface area contributed by atoms with Gasteiger partial charge < -0.3 is 9.47 Å². The second-order valence-electron chi connectivity index (χ2n) is 3.59. The molecule has 14 heavy (non-hydrogen) atoms. The van der Waals surface area contributed by atoms with Crippen LogP contribution in [0.1, 0.15) is 12.0 Å². The summed E-state index contributed by atoms with van der Waals surface area (Å²) in [4.78, 5) is 0. The Hall–Kier alpha value is -0.860. The van der Waals surface area contributed by atoms with E-state index in [2.05, 4.69) is 24.3 Å². The first kappa shape index (κ1) is 9.69. The summed E-state index contributed by atoms with van der Waals surface area (Å²) in [6.07, 6.45) is 2.55. The number of ether oxygens (including phenoxy) is 2. The summed E-state index contributed by atoms with van der Waals surface area (Å²) in [6, 6.07) is 10.4. The van der Waals surface area contributed by atoms with Crippen LogP contribution in [0.15, 0.2) is 30.3 Å². The quantitative estimate of drug-likeness (QED) is 0.508. The van der Waals surface area contributed by atoms with E-state index in [0.717, 1.165) is 32.7 Å². The minimum Gasteiger partial charge on any atom is -0.381 e. The van der Waals surface area contributed by atoms with Crippen molar-refractivity contribution in [3.05, 3.63) is 35.9 Å². The predicted molar refractivity (Wildman–Crippen MR) is 55.3 cm³/mol. The van der Waals surface area contributed by atoms with Gasteiger partial charge in [0, 0.05) is 6.61 Å². The molecular formula is C12H16O2. The van der Waals surface area contributed by atoms with Crippen LogP contribution in [-0.2, 0) is 15.9 Å². The molecule has 2 nitrogen and oxygen atoms in total. The topological polar surface area (TPSA) is 21.8 Å². The Balaban J connectivity index is 1.54. The Morgan fingerprint density at radius 3 is 2.71 bits per heavy atom. The fourth-order valence-electron chi connectivity index (χ4n) is 1.39. The third kappa shape index (κ3) is 3.48. The molecule has 2 rings (SSSR count). The molecule has 76 valence electrons. The van der Waals surface area contributed by atoms with Crippen LogP contribution < -0.4 is 0 Å². The van der Waals surface area contributed by atoms with Crippen molar-refractivity contribution in [1.29, 1.82) is 0 Å². The van der Waals surface area contributed by atoms with E-state index in [0.29, 0.717) is 6.10 Å². The standard InChI is InChI=1S/C12H16O2/c1-2-4-11(5-3-1)6-8-13-9-7-12-10-14-12/h1-5,12H,6-10H2. The van der Waals surface area contributed by atoms with E-state index in [1.807, 2.05) is 6.07 Å². The average Bonchev–Trinajstić information content (AvgIpc) is 3.03. The summed E-state index contributed by atoms with van der Waals surface area (Å²) in [6.45, 7) is 2.58. The van der Waals surface area contributed by atoms with Crippen LogP contribution in [0.25, 0.3) is 0 Å². The van der Waals surface area contributed by atoms with Gasteiger partial charge in [-0.2, -0.15) is 0 Å². The molecule has 1 unspecified atom stereocenters. The van der Waals surface area contributed by atoms with Crippen molar-refractivity contribution in [2.75, 3.05) is 19.8 Å². The minimum atomic E-state index is 0.492. The Kier molecular flexibility index (Phi) is 3.55. The van der Waals surface area contributed by atoms with E-state index in [-0.39, 0.29) is 0 Å². The molecule has 1 saturated heterocycles. The fraction of sp³-hybridized carbons (Fsp3) is 0.500. The summed E-state index contributed by atoms with van der Waals surface area (Å²) < 4.78 is 10.6. The minimum absolute atomic E-state index is 0.492. The smallest absolute Gasteiger partial charge is 0.0831 e. The second-order valence-corrected chi connectivity index (χ2v) is 3.59. The third-order valence-corrected chi connectivity index (χ3v) is 2.36. The van der Waals surface area contributed by atoms with Gasteiger partial charge in [-0.1, -0.05) is 30.3 Å². The first-order chi connectivity index (χ1) is 6.95. The highest BCUT2D eigenvalue weighted by atomic mass is 16.6. The fourth-order valence-corrected chi connectivity index (χ4v) is 1.39. The summed E-state index contributed by atoms with van der Waals surface area (Å²) in [5, 5.41) is 0. The zero-order chi connectivity index (χ0) is 9.64. The molecule has 1 atom stereocenters. The van der Waals surface area contributed by atoms with Crippen molar-refractivity contribution in [2.24, 2.45) is 0 Å². The largest absolute Gasteiger partial charge is 0.381 e. The highest BCUT2D eigenvalue weighted by molar-refractivity contribution is 5.14. The molecule has 2 heteroatoms. The van der Waals surface area contributed by atoms with Crippen LogP contribution in [0, 0.1) is 0 Å². The Labute approximate surface area is 84.8 Å². The zero-order valence-electron chi connectivity index (χ0n) is 8.32. The molecule has 1 aliphatic heterocycles. The highest BCUT2D eigenvalue weighted by Crippen LogP contribution is 2.12. The van der Waals surface area contributed by atoms with Gasteiger partial charge >= 0.3 is 0 Å². The normalized spacial score (nSPS) is 19.6. The molecule has 0 saturated carbocycles. The molecule has 0 N–H and O–H groups in total. The van der Waals surface area contributed by atoms with E-state index < -0.39 is 0 Å². The van der Waals surface area contributed by atoms with Gasteiger partial charge in [0.05, 0.1) is 19.3 Å². The van der Waals surface area contributed by atoms with Crippen LogP contribution in [0.4, 0.5) is 0 Å². The zero-order valence-corrected chi connectivity index (χ0v) is 8.32. The first-order valence-corrected chi connectivity index (χ1v) is 5.18. The molecule has 0 aliphatic carbocycles. The second kappa shape index (κ2) is 5.13. The van der Waals surface area contributed by atoms with Gasteiger partial charge in [0.15, 0.2) is 0 Å². The van der Waals surface area contributed by atoms with Gasteiger partial charge in [0.1, 0.15) is 0 Å². The molecule has 0 spiro atoms. The van der Waals surface area contributed by atoms with Gasteiger partial charge in [-0.05, 0) is 18.4 Å². The lowest BCUT2D eigenvalue weighted by Crippen LogP contribution is -2.02. The molecule has 0 radical (unpaired) electrons. The maximum absolute atomic E-state index is 5.51. The van der Waals surface area contributed by atoms with E-state index in [1.165, 1.54) is 5.56 Å². The molecule has 1 aliphatic rings. The van der Waals surface area contributed by atoms with E-state index in [9.17, 15) is 0 Å². The highest BCUT2D eigenvalue weighted by Gasteiger charge is 2.21. The predicted octanol–water partition coefficient (Wildman–Crippen LogP) is 2.03. The van der Waals surface area contributed by atoms with Crippen LogP contribution in [0.5, 0.6) is 0 Å². The van der Waals surface area contributed by atoms with E-state index >= 15 is 0 Å². The number of hydrogen-bond donors (Lipinski definition) is 0. The monoisotopic (exact) mass is 192 g/mol. The Morgan fingerprint density at radius 1 is 1.21 bits per heavy atom. The van der Waals surface area contributed by atoms with E-state index in [4.69, 9.17) is 9.47 Å². The molecule has 0 bridgehead atoms. The molecule has 0 amide bonds. The number of rotatable bonds is 6. The van der Waals surface area contributed by atoms with Crippen molar-refractivity contribution >= 4 is 0 Å². The molecule has 1 aromatic carbocycles. The van der Waals surface area contributed by atoms with Gasteiger partial charge in [-0.15, -0.1) is 0 Å².